The van der Waals surface area contributed by atoms with Crippen molar-refractivity contribution in [1.29, 1.82) is 0 Å². The number of hydrogen-bond acceptors (Lipinski definition) is 0. The van der Waals surface area contributed by atoms with Gasteiger partial charge in [-0.15, -0.1) is 8.58 Å². The molecule has 0 aromatic carbocycles. The molecule has 0 spiro atoms. The van der Waals surface area contributed by atoms with Crippen molar-refractivity contribution in [3.05, 3.63) is 34.9 Å². The Hall–Kier alpha value is -0.350. The van der Waals surface area contributed by atoms with Gasteiger partial charge in [-0.2, -0.15) is 0 Å². The van der Waals surface area contributed by atoms with Gasteiger partial charge in [-0.1, -0.05) is 62.6 Å². The Balaban J connectivity index is 4.79. The van der Waals surface area contributed by atoms with Crippen molar-refractivity contribution in [3.63, 3.8) is 0 Å². The third kappa shape index (κ3) is 8.35. The molecule has 0 rings (SSSR count). The highest BCUT2D eigenvalue weighted by Crippen LogP contribution is 2.34. The molecule has 0 aliphatic rings. The van der Waals surface area contributed by atoms with Gasteiger partial charge in [0.25, 0.3) is 0 Å². The van der Waals surface area contributed by atoms with Gasteiger partial charge < -0.3 is 0 Å². The Bertz CT molecular complexity index is 414. The average Bonchev–Trinajstić information content (AvgIpc) is 2.57. The van der Waals surface area contributed by atoms with E-state index in [4.69, 9.17) is 0 Å². The summed E-state index contributed by atoms with van der Waals surface area (Å²) in [7, 11) is 1.03. The fourth-order valence-electron chi connectivity index (χ4n) is 2.85. The number of allylic oxidation sites excluding steroid dienone is 6. The normalized spacial score (nSPS) is 20.0. The molecule has 0 aromatic heterocycles. The molecule has 0 fully saturated rings. The van der Waals surface area contributed by atoms with E-state index in [9.17, 15) is 0 Å². The van der Waals surface area contributed by atoms with Crippen molar-refractivity contribution in [1.82, 2.24) is 0 Å². The van der Waals surface area contributed by atoms with Crippen LogP contribution in [0.5, 0.6) is 0 Å². The molecule has 134 valence electrons. The second-order valence-electron chi connectivity index (χ2n) is 7.30. The summed E-state index contributed by atoms with van der Waals surface area (Å²) in [5.74, 6) is 2.10. The molecule has 0 N–H and O–H groups in total. The molecular weight excluding hydrogens is 295 g/mol. The van der Waals surface area contributed by atoms with Crippen LogP contribution in [0.25, 0.3) is 0 Å². The lowest BCUT2D eigenvalue weighted by Gasteiger charge is -2.29. The van der Waals surface area contributed by atoms with Crippen LogP contribution in [0.3, 0.4) is 0 Å². The quantitative estimate of drug-likeness (QED) is 0.284. The average molecular weight is 337 g/mol. The molecule has 0 aromatic rings. The van der Waals surface area contributed by atoms with Gasteiger partial charge in [0.2, 0.25) is 0 Å². The zero-order chi connectivity index (χ0) is 18.0. The molecule has 0 saturated heterocycles. The maximum absolute atomic E-state index is 2.49. The van der Waals surface area contributed by atoms with Crippen LogP contribution < -0.4 is 0 Å². The largest absolute Gasteiger partial charge is 0.122 e. The maximum atomic E-state index is 2.49. The van der Waals surface area contributed by atoms with Crippen LogP contribution in [0.1, 0.15) is 74.7 Å². The first-order valence-corrected chi connectivity index (χ1v) is 11.0. The lowest BCUT2D eigenvalue weighted by Crippen LogP contribution is -2.21. The molecule has 0 radical (unpaired) electrons. The Morgan fingerprint density at radius 1 is 0.957 bits per heavy atom. The van der Waals surface area contributed by atoms with E-state index >= 15 is 0 Å². The van der Waals surface area contributed by atoms with Gasteiger partial charge in [0.15, 0.2) is 0 Å². The maximum Gasteiger partial charge on any atom is -0.0173 e. The van der Waals surface area contributed by atoms with Gasteiger partial charge in [0.05, 0.1) is 0 Å². The van der Waals surface area contributed by atoms with Gasteiger partial charge >= 0.3 is 0 Å². The monoisotopic (exact) mass is 336 g/mol. The molecule has 0 aliphatic heterocycles. The molecule has 0 heterocycles. The van der Waals surface area contributed by atoms with Crippen LogP contribution in [0.4, 0.5) is 0 Å². The number of rotatable bonds is 10. The molecule has 0 aliphatic carbocycles. The van der Waals surface area contributed by atoms with E-state index < -0.39 is 0 Å². The van der Waals surface area contributed by atoms with Crippen LogP contribution in [-0.4, -0.2) is 12.3 Å². The number of hydrogen-bond donors (Lipinski definition) is 0. The lowest BCUT2D eigenvalue weighted by molar-refractivity contribution is 0.421. The Kier molecular flexibility index (Phi) is 11.9. The van der Waals surface area contributed by atoms with Crippen molar-refractivity contribution in [2.45, 2.75) is 80.3 Å². The minimum Gasteiger partial charge on any atom is -0.122 e. The second kappa shape index (κ2) is 12.1. The van der Waals surface area contributed by atoms with Crippen LogP contribution in [-0.2, 0) is 0 Å². The summed E-state index contributed by atoms with van der Waals surface area (Å²) in [5, 5.41) is 0. The Morgan fingerprint density at radius 2 is 1.57 bits per heavy atom. The molecule has 5 atom stereocenters. The summed E-state index contributed by atoms with van der Waals surface area (Å²) < 4.78 is 0. The zero-order valence-electron chi connectivity index (χ0n) is 17.2. The summed E-state index contributed by atoms with van der Waals surface area (Å²) in [5.41, 5.74) is 5.44. The highest BCUT2D eigenvalue weighted by atomic mass is 31.1. The Morgan fingerprint density at radius 3 is 2.04 bits per heavy atom. The van der Waals surface area contributed by atoms with E-state index in [1.165, 1.54) is 30.4 Å². The van der Waals surface area contributed by atoms with Gasteiger partial charge in [0, 0.05) is 0 Å². The minimum atomic E-state index is 0.663. The second-order valence-corrected chi connectivity index (χ2v) is 8.62. The molecule has 0 amide bonds. The standard InChI is InChI=1S/C22H41P/c1-10-16(3)12-15-22(23-9)21(8)20(7)19(6)14-13-18(5)17(4)11-2/h11-12,14,18,20-23H,10,13,15H2,1-9H3/b16-12-,17-11-,19-14+. The first kappa shape index (κ1) is 22.6. The van der Waals surface area contributed by atoms with Crippen molar-refractivity contribution in [2.24, 2.45) is 17.8 Å². The van der Waals surface area contributed by atoms with Gasteiger partial charge in [-0.25, -0.2) is 0 Å². The molecule has 23 heavy (non-hydrogen) atoms. The third-order valence-corrected chi connectivity index (χ3v) is 7.32. The molecular formula is C22H41P. The molecule has 0 nitrogen and oxygen atoms in total. The summed E-state index contributed by atoms with van der Waals surface area (Å²) in [6, 6.07) is 0. The predicted molar refractivity (Wildman–Crippen MR) is 112 cm³/mol. The van der Waals surface area contributed by atoms with Crippen molar-refractivity contribution < 1.29 is 0 Å². The van der Waals surface area contributed by atoms with Gasteiger partial charge in [-0.3, -0.25) is 0 Å². The van der Waals surface area contributed by atoms with Gasteiger partial charge in [-0.05, 0) is 77.0 Å². The lowest BCUT2D eigenvalue weighted by atomic mass is 9.84. The third-order valence-electron chi connectivity index (χ3n) is 5.82. The first-order valence-electron chi connectivity index (χ1n) is 9.40. The molecule has 0 saturated carbocycles. The molecule has 1 heteroatoms. The van der Waals surface area contributed by atoms with Crippen LogP contribution in [0.2, 0.25) is 0 Å². The SMILES string of the molecule is C/C=C(/C)C(C)C/C=C(\C)C(C)C(C)C(C/C=C(/C)CC)PC. The van der Waals surface area contributed by atoms with Crippen molar-refractivity contribution in [2.75, 3.05) is 6.66 Å². The smallest absolute Gasteiger partial charge is 0.0173 e. The van der Waals surface area contributed by atoms with E-state index in [1.807, 2.05) is 0 Å². The topological polar surface area (TPSA) is 0 Å². The van der Waals surface area contributed by atoms with Gasteiger partial charge in [0.1, 0.15) is 0 Å². The summed E-state index contributed by atoms with van der Waals surface area (Å²) in [6.07, 6.45) is 10.8. The predicted octanol–water partition coefficient (Wildman–Crippen LogP) is 7.62. The van der Waals surface area contributed by atoms with E-state index in [0.717, 1.165) is 20.2 Å². The fourth-order valence-corrected chi connectivity index (χ4v) is 4.02. The fraction of sp³-hybridized carbons (Fsp3) is 0.727. The Labute approximate surface area is 148 Å². The summed E-state index contributed by atoms with van der Waals surface area (Å²) in [6.45, 7) is 20.8. The van der Waals surface area contributed by atoms with Crippen molar-refractivity contribution >= 4 is 8.58 Å². The van der Waals surface area contributed by atoms with Crippen LogP contribution in [0.15, 0.2) is 34.9 Å². The van der Waals surface area contributed by atoms with Crippen LogP contribution >= 0.6 is 8.58 Å². The van der Waals surface area contributed by atoms with E-state index in [0.29, 0.717) is 11.8 Å². The minimum absolute atomic E-state index is 0.663. The van der Waals surface area contributed by atoms with E-state index in [1.54, 1.807) is 5.57 Å². The van der Waals surface area contributed by atoms with E-state index in [2.05, 4.69) is 80.3 Å². The summed E-state index contributed by atoms with van der Waals surface area (Å²) >= 11 is 0. The van der Waals surface area contributed by atoms with Crippen LogP contribution in [0, 0.1) is 17.8 Å². The summed E-state index contributed by atoms with van der Waals surface area (Å²) in [4.78, 5) is 0. The highest BCUT2D eigenvalue weighted by molar-refractivity contribution is 7.37. The van der Waals surface area contributed by atoms with E-state index in [-0.39, 0.29) is 0 Å². The zero-order valence-corrected chi connectivity index (χ0v) is 18.2. The molecule has 5 unspecified atom stereocenters. The first-order chi connectivity index (χ1) is 10.8. The molecule has 0 bridgehead atoms. The highest BCUT2D eigenvalue weighted by Gasteiger charge is 2.21. The van der Waals surface area contributed by atoms with Crippen molar-refractivity contribution in [3.8, 4) is 0 Å².